The molecule has 1 aliphatic carbocycles. The Kier molecular flexibility index (Phi) is 4.65. The number of amides is 1. The van der Waals surface area contributed by atoms with Gasteiger partial charge in [-0.15, -0.1) is 11.3 Å². The molecule has 1 aromatic heterocycles. The summed E-state index contributed by atoms with van der Waals surface area (Å²) >= 11 is 1.80. The van der Waals surface area contributed by atoms with Crippen LogP contribution in [-0.2, 0) is 12.8 Å². The number of thiophene rings is 1. The highest BCUT2D eigenvalue weighted by molar-refractivity contribution is 7.10. The molecule has 1 saturated heterocycles. The van der Waals surface area contributed by atoms with Gasteiger partial charge in [-0.2, -0.15) is 0 Å². The average molecular weight is 306 g/mol. The molecule has 1 aliphatic heterocycles. The molecule has 3 nitrogen and oxygen atoms in total. The molecule has 2 heterocycles. The van der Waals surface area contributed by atoms with Crippen LogP contribution in [0.25, 0.3) is 0 Å². The normalized spacial score (nSPS) is 23.0. The fraction of sp³-hybridized carbons (Fsp3) is 0.706. The fourth-order valence-electron chi connectivity index (χ4n) is 3.64. The smallest absolute Gasteiger partial charge is 0.254 e. The van der Waals surface area contributed by atoms with E-state index in [0.29, 0.717) is 6.04 Å². The standard InChI is InChI=1S/C17H26N2OS/c1-18(2)13-6-5-10-19(11-9-13)17(20)15-12-21-16-8-4-3-7-14(15)16/h12-13H,3-11H2,1-2H3/t13-/m0/s1. The van der Waals surface area contributed by atoms with E-state index in [1.54, 1.807) is 11.3 Å². The molecule has 1 fully saturated rings. The number of nitrogens with zero attached hydrogens (tertiary/aromatic N) is 2. The summed E-state index contributed by atoms with van der Waals surface area (Å²) in [6.45, 7) is 1.83. The summed E-state index contributed by atoms with van der Waals surface area (Å²) in [5, 5.41) is 2.12. The molecule has 0 radical (unpaired) electrons. The lowest BCUT2D eigenvalue weighted by Crippen LogP contribution is -2.34. The van der Waals surface area contributed by atoms with Crippen molar-refractivity contribution in [2.45, 2.75) is 51.0 Å². The molecule has 0 spiro atoms. The second-order valence-corrected chi connectivity index (χ2v) is 7.56. The molecule has 2 aliphatic rings. The second-order valence-electron chi connectivity index (χ2n) is 6.60. The van der Waals surface area contributed by atoms with Crippen molar-refractivity contribution in [3.63, 3.8) is 0 Å². The summed E-state index contributed by atoms with van der Waals surface area (Å²) in [5.41, 5.74) is 2.38. The van der Waals surface area contributed by atoms with E-state index in [1.165, 1.54) is 36.1 Å². The van der Waals surface area contributed by atoms with Crippen LogP contribution in [0.3, 0.4) is 0 Å². The Balaban J connectivity index is 1.72. The lowest BCUT2D eigenvalue weighted by atomic mass is 9.95. The second kappa shape index (κ2) is 6.49. The topological polar surface area (TPSA) is 23.6 Å². The Morgan fingerprint density at radius 1 is 1.19 bits per heavy atom. The average Bonchev–Trinajstić information content (AvgIpc) is 2.75. The highest BCUT2D eigenvalue weighted by Crippen LogP contribution is 2.31. The number of rotatable bonds is 2. The summed E-state index contributed by atoms with van der Waals surface area (Å²) in [6.07, 6.45) is 8.25. The lowest BCUT2D eigenvalue weighted by Gasteiger charge is -2.24. The third-order valence-corrected chi connectivity index (χ3v) is 6.10. The number of aryl methyl sites for hydroxylation is 1. The van der Waals surface area contributed by atoms with Gasteiger partial charge < -0.3 is 9.80 Å². The number of carbonyl (C=O) groups excluding carboxylic acids is 1. The van der Waals surface area contributed by atoms with Gasteiger partial charge >= 0.3 is 0 Å². The van der Waals surface area contributed by atoms with Crippen molar-refractivity contribution in [2.24, 2.45) is 0 Å². The van der Waals surface area contributed by atoms with Crippen LogP contribution in [-0.4, -0.2) is 48.9 Å². The molecule has 0 saturated carbocycles. The van der Waals surface area contributed by atoms with E-state index >= 15 is 0 Å². The minimum atomic E-state index is 0.286. The van der Waals surface area contributed by atoms with Crippen LogP contribution < -0.4 is 0 Å². The van der Waals surface area contributed by atoms with Crippen LogP contribution in [0.1, 0.15) is 52.9 Å². The molecule has 1 amide bonds. The van der Waals surface area contributed by atoms with Crippen molar-refractivity contribution in [3.05, 3.63) is 21.4 Å². The van der Waals surface area contributed by atoms with E-state index in [4.69, 9.17) is 0 Å². The Morgan fingerprint density at radius 2 is 2.00 bits per heavy atom. The van der Waals surface area contributed by atoms with Gasteiger partial charge in [0, 0.05) is 29.4 Å². The highest BCUT2D eigenvalue weighted by atomic mass is 32.1. The predicted molar refractivity (Wildman–Crippen MR) is 88.2 cm³/mol. The lowest BCUT2D eigenvalue weighted by molar-refractivity contribution is 0.0758. The zero-order valence-electron chi connectivity index (χ0n) is 13.2. The first kappa shape index (κ1) is 15.0. The number of fused-ring (bicyclic) bond motifs is 1. The monoisotopic (exact) mass is 306 g/mol. The van der Waals surface area contributed by atoms with Gasteiger partial charge in [0.1, 0.15) is 0 Å². The van der Waals surface area contributed by atoms with Crippen LogP contribution in [0.5, 0.6) is 0 Å². The zero-order valence-corrected chi connectivity index (χ0v) is 14.0. The Bertz CT molecular complexity index is 509. The molecule has 116 valence electrons. The molecule has 1 atom stereocenters. The van der Waals surface area contributed by atoms with Gasteiger partial charge in [-0.3, -0.25) is 4.79 Å². The van der Waals surface area contributed by atoms with Gasteiger partial charge in [0.2, 0.25) is 0 Å². The summed E-state index contributed by atoms with van der Waals surface area (Å²) < 4.78 is 0. The molecular weight excluding hydrogens is 280 g/mol. The van der Waals surface area contributed by atoms with Gasteiger partial charge in [-0.1, -0.05) is 0 Å². The molecule has 0 bridgehead atoms. The minimum Gasteiger partial charge on any atom is -0.339 e. The molecule has 1 aromatic rings. The number of likely N-dealkylation sites (tertiary alicyclic amines) is 1. The first-order chi connectivity index (χ1) is 10.2. The Hall–Kier alpha value is -0.870. The van der Waals surface area contributed by atoms with Gasteiger partial charge in [0.15, 0.2) is 0 Å². The fourth-order valence-corrected chi connectivity index (χ4v) is 4.76. The van der Waals surface area contributed by atoms with Crippen molar-refractivity contribution in [2.75, 3.05) is 27.2 Å². The number of hydrogen-bond acceptors (Lipinski definition) is 3. The SMILES string of the molecule is CN(C)[C@H]1CCCN(C(=O)c2csc3c2CCCC3)CC1. The summed E-state index contributed by atoms with van der Waals surface area (Å²) in [7, 11) is 4.30. The molecule has 21 heavy (non-hydrogen) atoms. The first-order valence-corrected chi connectivity index (χ1v) is 9.09. The van der Waals surface area contributed by atoms with Crippen LogP contribution in [0.15, 0.2) is 5.38 Å². The summed E-state index contributed by atoms with van der Waals surface area (Å²) in [5.74, 6) is 0.286. The maximum absolute atomic E-state index is 12.9. The minimum absolute atomic E-state index is 0.286. The van der Waals surface area contributed by atoms with Gasteiger partial charge in [-0.05, 0) is 64.6 Å². The van der Waals surface area contributed by atoms with Crippen LogP contribution in [0.4, 0.5) is 0 Å². The number of hydrogen-bond donors (Lipinski definition) is 0. The van der Waals surface area contributed by atoms with E-state index in [-0.39, 0.29) is 5.91 Å². The zero-order chi connectivity index (χ0) is 14.8. The molecule has 0 unspecified atom stereocenters. The quantitative estimate of drug-likeness (QED) is 0.838. The van der Waals surface area contributed by atoms with Gasteiger partial charge in [0.25, 0.3) is 5.91 Å². The van der Waals surface area contributed by atoms with Gasteiger partial charge in [-0.25, -0.2) is 0 Å². The maximum atomic E-state index is 12.9. The molecule has 0 N–H and O–H groups in total. The van der Waals surface area contributed by atoms with Crippen LogP contribution in [0.2, 0.25) is 0 Å². The number of carbonyl (C=O) groups is 1. The molecule has 3 rings (SSSR count). The van der Waals surface area contributed by atoms with E-state index in [0.717, 1.165) is 37.9 Å². The van der Waals surface area contributed by atoms with E-state index < -0.39 is 0 Å². The third kappa shape index (κ3) is 3.16. The van der Waals surface area contributed by atoms with Crippen LogP contribution >= 0.6 is 11.3 Å². The Labute approximate surface area is 131 Å². The first-order valence-electron chi connectivity index (χ1n) is 8.21. The van der Waals surface area contributed by atoms with Gasteiger partial charge in [0.05, 0.1) is 5.56 Å². The predicted octanol–water partition coefficient (Wildman–Crippen LogP) is 3.18. The van der Waals surface area contributed by atoms with Crippen LogP contribution in [0, 0.1) is 0 Å². The van der Waals surface area contributed by atoms with Crippen molar-refractivity contribution in [1.29, 1.82) is 0 Å². The molecular formula is C17H26N2OS. The molecule has 4 heteroatoms. The van der Waals surface area contributed by atoms with Crippen molar-refractivity contribution in [1.82, 2.24) is 9.80 Å². The van der Waals surface area contributed by atoms with Crippen molar-refractivity contribution >= 4 is 17.2 Å². The van der Waals surface area contributed by atoms with E-state index in [1.807, 2.05) is 0 Å². The highest BCUT2D eigenvalue weighted by Gasteiger charge is 2.26. The summed E-state index contributed by atoms with van der Waals surface area (Å²) in [6, 6.07) is 0.624. The van der Waals surface area contributed by atoms with E-state index in [2.05, 4.69) is 29.3 Å². The Morgan fingerprint density at radius 3 is 2.81 bits per heavy atom. The van der Waals surface area contributed by atoms with Crippen molar-refractivity contribution in [3.8, 4) is 0 Å². The molecule has 0 aromatic carbocycles. The van der Waals surface area contributed by atoms with Crippen molar-refractivity contribution < 1.29 is 4.79 Å². The van der Waals surface area contributed by atoms with E-state index in [9.17, 15) is 4.79 Å². The third-order valence-electron chi connectivity index (χ3n) is 5.01. The largest absolute Gasteiger partial charge is 0.339 e. The maximum Gasteiger partial charge on any atom is 0.254 e. The summed E-state index contributed by atoms with van der Waals surface area (Å²) in [4.78, 5) is 18.7.